The number of ketones is 1. The van der Waals surface area contributed by atoms with Crippen molar-refractivity contribution in [2.45, 2.75) is 44.1 Å². The molecular weight excluding hydrogens is 297 g/mol. The van der Waals surface area contributed by atoms with E-state index in [4.69, 9.17) is 4.74 Å². The van der Waals surface area contributed by atoms with Gasteiger partial charge >= 0.3 is 0 Å². The molecule has 4 atom stereocenters. The first-order valence-corrected chi connectivity index (χ1v) is 8.18. The number of fused-ring (bicyclic) bond motifs is 2. The lowest BCUT2D eigenvalue weighted by Gasteiger charge is -2.48. The third kappa shape index (κ3) is 2.51. The van der Waals surface area contributed by atoms with Crippen LogP contribution in [0.3, 0.4) is 0 Å². The SMILES string of the molecule is COC1C(F)C(=O)CCC12c1ccccc1CN2C[C@@H](C)CO. The van der Waals surface area contributed by atoms with E-state index in [1.54, 1.807) is 0 Å². The van der Waals surface area contributed by atoms with Crippen LogP contribution in [-0.2, 0) is 21.6 Å². The zero-order chi connectivity index (χ0) is 16.6. The second-order valence-corrected chi connectivity index (χ2v) is 6.77. The second kappa shape index (κ2) is 6.30. The molecule has 1 fully saturated rings. The van der Waals surface area contributed by atoms with Crippen LogP contribution in [0.4, 0.5) is 4.39 Å². The smallest absolute Gasteiger partial charge is 0.186 e. The summed E-state index contributed by atoms with van der Waals surface area (Å²) in [6, 6.07) is 8.01. The molecular formula is C18H24FNO3. The predicted molar refractivity (Wildman–Crippen MR) is 84.7 cm³/mol. The summed E-state index contributed by atoms with van der Waals surface area (Å²) in [5.74, 6) is -0.295. The number of nitrogens with zero attached hydrogens (tertiary/aromatic N) is 1. The van der Waals surface area contributed by atoms with Gasteiger partial charge in [-0.05, 0) is 23.5 Å². The predicted octanol–water partition coefficient (Wildman–Crippen LogP) is 2.04. The van der Waals surface area contributed by atoms with Crippen LogP contribution in [0.5, 0.6) is 0 Å². The third-order valence-corrected chi connectivity index (χ3v) is 5.30. The standard InChI is InChI=1S/C18H24FNO3/c1-12(11-21)9-20-10-13-5-3-4-6-14(13)18(20)8-7-15(22)16(19)17(18)23-2/h3-6,12,16-17,21H,7-11H2,1-2H3/t12-,16?,17?,18?/m1/s1. The molecule has 1 aromatic carbocycles. The molecule has 1 spiro atoms. The third-order valence-electron chi connectivity index (χ3n) is 5.30. The topological polar surface area (TPSA) is 49.8 Å². The summed E-state index contributed by atoms with van der Waals surface area (Å²) >= 11 is 0. The van der Waals surface area contributed by atoms with Gasteiger partial charge in [-0.3, -0.25) is 9.69 Å². The van der Waals surface area contributed by atoms with Crippen LogP contribution in [0.1, 0.15) is 30.9 Å². The van der Waals surface area contributed by atoms with Gasteiger partial charge in [-0.25, -0.2) is 4.39 Å². The molecule has 2 aliphatic rings. The van der Waals surface area contributed by atoms with Gasteiger partial charge < -0.3 is 9.84 Å². The molecule has 23 heavy (non-hydrogen) atoms. The van der Waals surface area contributed by atoms with Gasteiger partial charge in [0.25, 0.3) is 0 Å². The number of carbonyl (C=O) groups is 1. The Balaban J connectivity index is 2.07. The minimum Gasteiger partial charge on any atom is -0.396 e. The fourth-order valence-corrected chi connectivity index (χ4v) is 4.20. The zero-order valence-electron chi connectivity index (χ0n) is 13.7. The number of hydrogen-bond acceptors (Lipinski definition) is 4. The number of aliphatic hydroxyl groups is 1. The van der Waals surface area contributed by atoms with E-state index < -0.39 is 17.8 Å². The first kappa shape index (κ1) is 16.6. The molecule has 1 aliphatic carbocycles. The minimum absolute atomic E-state index is 0.0781. The van der Waals surface area contributed by atoms with Crippen molar-refractivity contribution in [1.82, 2.24) is 4.90 Å². The molecule has 1 saturated carbocycles. The number of carbonyl (C=O) groups excluding carboxylic acids is 1. The van der Waals surface area contributed by atoms with Gasteiger partial charge in [-0.2, -0.15) is 0 Å². The number of hydrogen-bond donors (Lipinski definition) is 1. The Labute approximate surface area is 136 Å². The maximum atomic E-state index is 14.7. The summed E-state index contributed by atoms with van der Waals surface area (Å²) in [5.41, 5.74) is 1.59. The van der Waals surface area contributed by atoms with Crippen LogP contribution in [-0.4, -0.2) is 48.3 Å². The number of ether oxygens (including phenoxy) is 1. The second-order valence-electron chi connectivity index (χ2n) is 6.77. The van der Waals surface area contributed by atoms with Crippen molar-refractivity contribution in [3.63, 3.8) is 0 Å². The molecule has 1 N–H and O–H groups in total. The van der Waals surface area contributed by atoms with E-state index in [0.29, 0.717) is 19.5 Å². The number of methoxy groups -OCH3 is 1. The molecule has 3 unspecified atom stereocenters. The van der Waals surface area contributed by atoms with Crippen molar-refractivity contribution in [3.05, 3.63) is 35.4 Å². The zero-order valence-corrected chi connectivity index (χ0v) is 13.7. The highest BCUT2D eigenvalue weighted by Crippen LogP contribution is 2.50. The van der Waals surface area contributed by atoms with Crippen molar-refractivity contribution < 1.29 is 19.0 Å². The van der Waals surface area contributed by atoms with Crippen molar-refractivity contribution in [2.75, 3.05) is 20.3 Å². The molecule has 0 amide bonds. The maximum absolute atomic E-state index is 14.7. The van der Waals surface area contributed by atoms with Crippen LogP contribution in [0, 0.1) is 5.92 Å². The van der Waals surface area contributed by atoms with Gasteiger partial charge in [0.2, 0.25) is 0 Å². The number of rotatable bonds is 4. The molecule has 1 aromatic rings. The van der Waals surface area contributed by atoms with E-state index in [2.05, 4.69) is 11.0 Å². The molecule has 0 saturated heterocycles. The fourth-order valence-electron chi connectivity index (χ4n) is 4.20. The Morgan fingerprint density at radius 1 is 1.48 bits per heavy atom. The number of Topliss-reactive ketones (excluding diaryl/α,β-unsaturated/α-hetero) is 1. The van der Waals surface area contributed by atoms with E-state index in [9.17, 15) is 14.3 Å². The van der Waals surface area contributed by atoms with Crippen molar-refractivity contribution in [1.29, 1.82) is 0 Å². The molecule has 3 rings (SSSR count). The summed E-state index contributed by atoms with van der Waals surface area (Å²) in [6.45, 7) is 3.39. The lowest BCUT2D eigenvalue weighted by molar-refractivity contribution is -0.152. The largest absolute Gasteiger partial charge is 0.396 e. The number of aliphatic hydroxyl groups excluding tert-OH is 1. The van der Waals surface area contributed by atoms with Crippen molar-refractivity contribution >= 4 is 5.78 Å². The van der Waals surface area contributed by atoms with Crippen molar-refractivity contribution in [3.8, 4) is 0 Å². The van der Waals surface area contributed by atoms with E-state index in [-0.39, 0.29) is 24.7 Å². The van der Waals surface area contributed by atoms with Crippen molar-refractivity contribution in [2.24, 2.45) is 5.92 Å². The van der Waals surface area contributed by atoms with Gasteiger partial charge in [0.05, 0.1) is 5.54 Å². The Morgan fingerprint density at radius 2 is 2.22 bits per heavy atom. The van der Waals surface area contributed by atoms with Gasteiger partial charge in [-0.15, -0.1) is 0 Å². The number of alkyl halides is 1. The summed E-state index contributed by atoms with van der Waals surface area (Å²) in [4.78, 5) is 14.1. The monoisotopic (exact) mass is 321 g/mol. The normalized spacial score (nSPS) is 32.3. The quantitative estimate of drug-likeness (QED) is 0.922. The molecule has 0 bridgehead atoms. The van der Waals surface area contributed by atoms with E-state index in [1.165, 1.54) is 7.11 Å². The molecule has 1 heterocycles. The number of benzene rings is 1. The molecule has 5 heteroatoms. The van der Waals surface area contributed by atoms with Crippen LogP contribution < -0.4 is 0 Å². The van der Waals surface area contributed by atoms with Gasteiger partial charge in [0.1, 0.15) is 6.10 Å². The van der Waals surface area contributed by atoms with Gasteiger partial charge in [-0.1, -0.05) is 31.2 Å². The molecule has 0 radical (unpaired) electrons. The summed E-state index contributed by atoms with van der Waals surface area (Å²) in [6.07, 6.45) is -1.63. The Bertz CT molecular complexity index is 593. The molecule has 126 valence electrons. The lowest BCUT2D eigenvalue weighted by atomic mass is 9.72. The van der Waals surface area contributed by atoms with E-state index >= 15 is 0 Å². The van der Waals surface area contributed by atoms with E-state index in [1.807, 2.05) is 25.1 Å². The summed E-state index contributed by atoms with van der Waals surface area (Å²) < 4.78 is 20.2. The first-order chi connectivity index (χ1) is 11.0. The Morgan fingerprint density at radius 3 is 2.91 bits per heavy atom. The molecule has 0 aromatic heterocycles. The van der Waals surface area contributed by atoms with Crippen LogP contribution in [0.25, 0.3) is 0 Å². The Kier molecular flexibility index (Phi) is 4.54. The van der Waals surface area contributed by atoms with Gasteiger partial charge in [0.15, 0.2) is 12.0 Å². The highest BCUT2D eigenvalue weighted by Gasteiger charge is 2.57. The Hall–Kier alpha value is -1.30. The average molecular weight is 321 g/mol. The molecule has 4 nitrogen and oxygen atoms in total. The highest BCUT2D eigenvalue weighted by atomic mass is 19.1. The van der Waals surface area contributed by atoms with Gasteiger partial charge in [0, 0.05) is 33.2 Å². The average Bonchev–Trinajstić information content (AvgIpc) is 2.86. The highest BCUT2D eigenvalue weighted by molar-refractivity contribution is 5.85. The van der Waals surface area contributed by atoms with Crippen LogP contribution in [0.2, 0.25) is 0 Å². The summed E-state index contributed by atoms with van der Waals surface area (Å²) in [7, 11) is 1.48. The first-order valence-electron chi connectivity index (χ1n) is 8.18. The van der Waals surface area contributed by atoms with E-state index in [0.717, 1.165) is 11.1 Å². The number of halogens is 1. The lowest BCUT2D eigenvalue weighted by Crippen LogP contribution is -2.60. The fraction of sp³-hybridized carbons (Fsp3) is 0.611. The maximum Gasteiger partial charge on any atom is 0.186 e. The van der Waals surface area contributed by atoms with Crippen LogP contribution in [0.15, 0.2) is 24.3 Å². The minimum atomic E-state index is -1.60. The molecule has 1 aliphatic heterocycles. The summed E-state index contributed by atoms with van der Waals surface area (Å²) in [5, 5.41) is 9.43. The van der Waals surface area contributed by atoms with Crippen LogP contribution >= 0.6 is 0 Å².